The second-order valence-corrected chi connectivity index (χ2v) is 7.02. The maximum absolute atomic E-state index is 12.9. The highest BCUT2D eigenvalue weighted by Crippen LogP contribution is 2.19. The van der Waals surface area contributed by atoms with E-state index in [0.717, 1.165) is 24.2 Å². The molecule has 142 valence electrons. The van der Waals surface area contributed by atoms with Crippen LogP contribution in [0.15, 0.2) is 79.1 Å². The first kappa shape index (κ1) is 18.0. The van der Waals surface area contributed by atoms with Crippen LogP contribution in [0.5, 0.6) is 0 Å². The van der Waals surface area contributed by atoms with Gasteiger partial charge in [0, 0.05) is 43.2 Å². The number of aromatic nitrogens is 1. The van der Waals surface area contributed by atoms with E-state index in [1.807, 2.05) is 88.6 Å². The zero-order valence-corrected chi connectivity index (χ0v) is 15.6. The van der Waals surface area contributed by atoms with Crippen molar-refractivity contribution in [3.8, 4) is 5.69 Å². The molecule has 1 unspecified atom stereocenters. The minimum absolute atomic E-state index is 0.139. The normalized spacial score (nSPS) is 14.9. The van der Waals surface area contributed by atoms with Crippen LogP contribution in [0.3, 0.4) is 0 Å². The molecule has 4 rings (SSSR count). The zero-order valence-electron chi connectivity index (χ0n) is 15.6. The predicted molar refractivity (Wildman–Crippen MR) is 108 cm³/mol. The standard InChI is InChI=1S/C23H23N3O2/c27-22-9-6-16-26(22)17-21(18-7-2-1-3-8-18)24-23(28)19-10-12-20(13-11-19)25-14-4-5-15-25/h1-5,7-8,10-15,21H,6,9,16-17H2,(H,24,28). The number of carbonyl (C=O) groups excluding carboxylic acids is 2. The summed E-state index contributed by atoms with van der Waals surface area (Å²) in [6.45, 7) is 1.25. The highest BCUT2D eigenvalue weighted by Gasteiger charge is 2.25. The van der Waals surface area contributed by atoms with Crippen LogP contribution < -0.4 is 5.32 Å². The van der Waals surface area contributed by atoms with Gasteiger partial charge in [-0.05, 0) is 48.4 Å². The largest absolute Gasteiger partial charge is 0.343 e. The maximum Gasteiger partial charge on any atom is 0.251 e. The lowest BCUT2D eigenvalue weighted by molar-refractivity contribution is -0.128. The van der Waals surface area contributed by atoms with E-state index in [1.54, 1.807) is 0 Å². The van der Waals surface area contributed by atoms with Crippen LogP contribution >= 0.6 is 0 Å². The molecule has 0 aliphatic carbocycles. The molecule has 5 heteroatoms. The van der Waals surface area contributed by atoms with E-state index in [1.165, 1.54) is 0 Å². The van der Waals surface area contributed by atoms with Gasteiger partial charge >= 0.3 is 0 Å². The van der Waals surface area contributed by atoms with E-state index in [9.17, 15) is 9.59 Å². The highest BCUT2D eigenvalue weighted by atomic mass is 16.2. The quantitative estimate of drug-likeness (QED) is 0.718. The molecule has 0 spiro atoms. The smallest absolute Gasteiger partial charge is 0.251 e. The van der Waals surface area contributed by atoms with Crippen molar-refractivity contribution in [3.05, 3.63) is 90.3 Å². The zero-order chi connectivity index (χ0) is 19.3. The molecule has 1 aliphatic rings. The maximum atomic E-state index is 12.9. The Morgan fingerprint density at radius 2 is 1.68 bits per heavy atom. The van der Waals surface area contributed by atoms with Crippen molar-refractivity contribution in [1.82, 2.24) is 14.8 Å². The number of hydrogen-bond donors (Lipinski definition) is 1. The number of carbonyl (C=O) groups is 2. The number of nitrogens with one attached hydrogen (secondary N) is 1. The van der Waals surface area contributed by atoms with E-state index in [-0.39, 0.29) is 17.9 Å². The summed E-state index contributed by atoms with van der Waals surface area (Å²) < 4.78 is 1.99. The molecule has 1 aliphatic heterocycles. The Bertz CT molecular complexity index is 934. The Kier molecular flexibility index (Phi) is 5.24. The summed E-state index contributed by atoms with van der Waals surface area (Å²) in [7, 11) is 0. The first-order chi connectivity index (χ1) is 13.7. The summed E-state index contributed by atoms with van der Waals surface area (Å²) in [4.78, 5) is 26.8. The third kappa shape index (κ3) is 3.98. The highest BCUT2D eigenvalue weighted by molar-refractivity contribution is 5.94. The van der Waals surface area contributed by atoms with Crippen LogP contribution in [0.2, 0.25) is 0 Å². The third-order valence-corrected chi connectivity index (χ3v) is 5.11. The monoisotopic (exact) mass is 373 g/mol. The van der Waals surface area contributed by atoms with Crippen LogP contribution in [0, 0.1) is 0 Å². The van der Waals surface area contributed by atoms with Crippen molar-refractivity contribution in [2.45, 2.75) is 18.9 Å². The molecule has 1 N–H and O–H groups in total. The molecule has 3 aromatic rings. The molecule has 0 saturated carbocycles. The first-order valence-electron chi connectivity index (χ1n) is 9.58. The van der Waals surface area contributed by atoms with Gasteiger partial charge in [-0.2, -0.15) is 0 Å². The minimum atomic E-state index is -0.236. The molecule has 2 aromatic carbocycles. The lowest BCUT2D eigenvalue weighted by Gasteiger charge is -2.25. The van der Waals surface area contributed by atoms with Gasteiger partial charge in [-0.25, -0.2) is 0 Å². The number of rotatable bonds is 6. The molecule has 5 nitrogen and oxygen atoms in total. The molecular formula is C23H23N3O2. The van der Waals surface area contributed by atoms with Gasteiger partial charge in [0.15, 0.2) is 0 Å². The van der Waals surface area contributed by atoms with Gasteiger partial charge in [0.1, 0.15) is 0 Å². The molecule has 2 amide bonds. The summed E-state index contributed by atoms with van der Waals surface area (Å²) in [6.07, 6.45) is 5.41. The summed E-state index contributed by atoms with van der Waals surface area (Å²) in [6, 6.07) is 21.0. The van der Waals surface area contributed by atoms with Crippen molar-refractivity contribution in [3.63, 3.8) is 0 Å². The average molecular weight is 373 g/mol. The van der Waals surface area contributed by atoms with E-state index in [2.05, 4.69) is 5.32 Å². The SMILES string of the molecule is O=C(NC(CN1CCCC1=O)c1ccccc1)c1ccc(-n2cccc2)cc1. The molecule has 2 heterocycles. The van der Waals surface area contributed by atoms with Gasteiger partial charge in [0.25, 0.3) is 5.91 Å². The van der Waals surface area contributed by atoms with Crippen LogP contribution in [0.1, 0.15) is 34.8 Å². The summed E-state index contributed by atoms with van der Waals surface area (Å²) in [5.41, 5.74) is 2.60. The lowest BCUT2D eigenvalue weighted by Crippen LogP contribution is -2.38. The van der Waals surface area contributed by atoms with Crippen molar-refractivity contribution in [1.29, 1.82) is 0 Å². The molecular weight excluding hydrogens is 350 g/mol. The van der Waals surface area contributed by atoms with Crippen LogP contribution in [0.25, 0.3) is 5.69 Å². The van der Waals surface area contributed by atoms with Crippen molar-refractivity contribution in [2.75, 3.05) is 13.1 Å². The summed E-state index contributed by atoms with van der Waals surface area (Å²) in [5.74, 6) is 0.0193. The number of likely N-dealkylation sites (tertiary alicyclic amines) is 1. The second kappa shape index (κ2) is 8.13. The van der Waals surface area contributed by atoms with E-state index in [0.29, 0.717) is 18.5 Å². The van der Waals surface area contributed by atoms with E-state index >= 15 is 0 Å². The topological polar surface area (TPSA) is 54.3 Å². The van der Waals surface area contributed by atoms with Crippen LogP contribution in [0.4, 0.5) is 0 Å². The van der Waals surface area contributed by atoms with Crippen molar-refractivity contribution >= 4 is 11.8 Å². The fraction of sp³-hybridized carbons (Fsp3) is 0.217. The number of benzene rings is 2. The molecule has 1 saturated heterocycles. The Labute approximate surface area is 164 Å². The Morgan fingerprint density at radius 3 is 2.32 bits per heavy atom. The van der Waals surface area contributed by atoms with Crippen molar-refractivity contribution < 1.29 is 9.59 Å². The predicted octanol–water partition coefficient (Wildman–Crippen LogP) is 3.57. The first-order valence-corrected chi connectivity index (χ1v) is 9.58. The van der Waals surface area contributed by atoms with Gasteiger partial charge in [0.2, 0.25) is 5.91 Å². The fourth-order valence-electron chi connectivity index (χ4n) is 3.57. The molecule has 1 aromatic heterocycles. The van der Waals surface area contributed by atoms with Gasteiger partial charge in [-0.15, -0.1) is 0 Å². The van der Waals surface area contributed by atoms with E-state index < -0.39 is 0 Å². The van der Waals surface area contributed by atoms with Gasteiger partial charge in [-0.3, -0.25) is 9.59 Å². The molecule has 0 bridgehead atoms. The molecule has 1 fully saturated rings. The van der Waals surface area contributed by atoms with Crippen molar-refractivity contribution in [2.24, 2.45) is 0 Å². The van der Waals surface area contributed by atoms with Crippen LogP contribution in [-0.4, -0.2) is 34.4 Å². The number of nitrogens with zero attached hydrogens (tertiary/aromatic N) is 2. The van der Waals surface area contributed by atoms with Gasteiger partial charge in [0.05, 0.1) is 6.04 Å². The Morgan fingerprint density at radius 1 is 0.964 bits per heavy atom. The molecule has 1 atom stereocenters. The second-order valence-electron chi connectivity index (χ2n) is 7.02. The number of amides is 2. The molecule has 28 heavy (non-hydrogen) atoms. The number of hydrogen-bond acceptors (Lipinski definition) is 2. The van der Waals surface area contributed by atoms with E-state index in [4.69, 9.17) is 0 Å². The fourth-order valence-corrected chi connectivity index (χ4v) is 3.57. The minimum Gasteiger partial charge on any atom is -0.343 e. The van der Waals surface area contributed by atoms with Gasteiger partial charge < -0.3 is 14.8 Å². The molecule has 0 radical (unpaired) electrons. The lowest BCUT2D eigenvalue weighted by atomic mass is 10.1. The Balaban J connectivity index is 1.50. The summed E-state index contributed by atoms with van der Waals surface area (Å²) in [5, 5.41) is 3.11. The van der Waals surface area contributed by atoms with Crippen LogP contribution in [-0.2, 0) is 4.79 Å². The van der Waals surface area contributed by atoms with Gasteiger partial charge in [-0.1, -0.05) is 30.3 Å². The summed E-state index contributed by atoms with van der Waals surface area (Å²) >= 11 is 0. The Hall–Kier alpha value is -3.34. The third-order valence-electron chi connectivity index (χ3n) is 5.11. The average Bonchev–Trinajstić information content (AvgIpc) is 3.41.